The number of carbonyl (C=O) groups is 1. The largest absolute Gasteiger partial charge is 0.477 e. The van der Waals surface area contributed by atoms with Crippen molar-refractivity contribution in [2.75, 3.05) is 5.73 Å². The zero-order valence-electron chi connectivity index (χ0n) is 8.95. The predicted octanol–water partition coefficient (Wildman–Crippen LogP) is 1.45. The minimum atomic E-state index is -0.894. The number of aromatic nitrogens is 3. The number of thioether (sulfide) groups is 1. The molecule has 0 aliphatic rings. The summed E-state index contributed by atoms with van der Waals surface area (Å²) in [4.78, 5) is 12.0. The van der Waals surface area contributed by atoms with E-state index in [4.69, 9.17) is 10.8 Å². The molecule has 2 heterocycles. The Labute approximate surface area is 105 Å². The molecule has 2 aromatic rings. The van der Waals surface area contributed by atoms with Crippen LogP contribution in [0.1, 0.15) is 14.5 Å². The zero-order valence-corrected chi connectivity index (χ0v) is 10.6. The molecular formula is C9H10N4O2S2. The summed E-state index contributed by atoms with van der Waals surface area (Å²) in [6, 6.07) is 3.41. The van der Waals surface area contributed by atoms with Crippen molar-refractivity contribution < 1.29 is 9.90 Å². The van der Waals surface area contributed by atoms with Gasteiger partial charge in [-0.15, -0.1) is 21.5 Å². The van der Waals surface area contributed by atoms with Gasteiger partial charge in [-0.2, -0.15) is 0 Å². The highest BCUT2D eigenvalue weighted by molar-refractivity contribution is 7.98. The van der Waals surface area contributed by atoms with Crippen molar-refractivity contribution in [3.05, 3.63) is 21.9 Å². The number of anilines is 1. The Morgan fingerprint density at radius 2 is 2.35 bits per heavy atom. The van der Waals surface area contributed by atoms with Crippen LogP contribution in [0.25, 0.3) is 0 Å². The van der Waals surface area contributed by atoms with Crippen molar-refractivity contribution in [2.45, 2.75) is 10.9 Å². The van der Waals surface area contributed by atoms with Crippen molar-refractivity contribution in [3.63, 3.8) is 0 Å². The number of nitrogens with two attached hydrogens (primary N) is 1. The Balaban J connectivity index is 2.02. The summed E-state index contributed by atoms with van der Waals surface area (Å²) < 4.78 is 1.69. The van der Waals surface area contributed by atoms with Crippen LogP contribution >= 0.6 is 23.1 Å². The van der Waals surface area contributed by atoms with E-state index in [1.807, 2.05) is 0 Å². The van der Waals surface area contributed by atoms with Crippen LogP contribution < -0.4 is 5.73 Å². The molecule has 0 atom stereocenters. The number of nitrogen functional groups attached to an aromatic ring is 1. The Bertz CT molecular complexity index is 549. The summed E-state index contributed by atoms with van der Waals surface area (Å²) in [6.45, 7) is 0. The lowest BCUT2D eigenvalue weighted by atomic mass is 10.4. The first-order chi connectivity index (χ1) is 8.08. The minimum Gasteiger partial charge on any atom is -0.477 e. The standard InChI is InChI=1S/C9H10N4O2S2/c1-13-8(10)11-12-9(13)16-4-5-2-3-6(17-5)7(14)15/h2-3H,4H2,1H3,(H2,10,11)(H,14,15). The van der Waals surface area contributed by atoms with Crippen molar-refractivity contribution in [1.29, 1.82) is 0 Å². The van der Waals surface area contributed by atoms with Crippen molar-refractivity contribution in [2.24, 2.45) is 7.05 Å². The molecule has 17 heavy (non-hydrogen) atoms. The molecule has 0 amide bonds. The Morgan fingerprint density at radius 3 is 2.88 bits per heavy atom. The van der Waals surface area contributed by atoms with E-state index in [1.54, 1.807) is 23.7 Å². The summed E-state index contributed by atoms with van der Waals surface area (Å²) in [7, 11) is 1.79. The third-order valence-corrected chi connectivity index (χ3v) is 4.41. The lowest BCUT2D eigenvalue weighted by Crippen LogP contribution is -1.97. The number of rotatable bonds is 4. The molecule has 0 bridgehead atoms. The van der Waals surface area contributed by atoms with Crippen molar-refractivity contribution in [3.8, 4) is 0 Å². The molecule has 0 aliphatic heterocycles. The van der Waals surface area contributed by atoms with Crippen LogP contribution in [0.4, 0.5) is 5.95 Å². The van der Waals surface area contributed by atoms with Gasteiger partial charge < -0.3 is 10.8 Å². The normalized spacial score (nSPS) is 10.6. The average Bonchev–Trinajstić information content (AvgIpc) is 2.86. The highest BCUT2D eigenvalue weighted by atomic mass is 32.2. The van der Waals surface area contributed by atoms with Gasteiger partial charge in [0, 0.05) is 17.7 Å². The summed E-state index contributed by atoms with van der Waals surface area (Å²) in [6.07, 6.45) is 0. The van der Waals surface area contributed by atoms with Gasteiger partial charge in [0.15, 0.2) is 5.16 Å². The number of carboxylic acid groups (broad SMARTS) is 1. The Kier molecular flexibility index (Phi) is 3.34. The number of carboxylic acids is 1. The van der Waals surface area contributed by atoms with Crippen LogP contribution in [0.3, 0.4) is 0 Å². The smallest absolute Gasteiger partial charge is 0.345 e. The van der Waals surface area contributed by atoms with Gasteiger partial charge in [-0.05, 0) is 12.1 Å². The minimum absolute atomic E-state index is 0.345. The molecule has 0 aliphatic carbocycles. The van der Waals surface area contributed by atoms with Gasteiger partial charge in [0.25, 0.3) is 0 Å². The summed E-state index contributed by atoms with van der Waals surface area (Å²) in [5.41, 5.74) is 5.55. The molecule has 8 heteroatoms. The molecule has 0 saturated carbocycles. The monoisotopic (exact) mass is 270 g/mol. The second-order valence-corrected chi connectivity index (χ2v) is 5.37. The van der Waals surface area contributed by atoms with E-state index in [1.165, 1.54) is 23.1 Å². The predicted molar refractivity (Wildman–Crippen MR) is 66.3 cm³/mol. The van der Waals surface area contributed by atoms with E-state index in [-0.39, 0.29) is 0 Å². The lowest BCUT2D eigenvalue weighted by Gasteiger charge is -1.99. The Morgan fingerprint density at radius 1 is 1.59 bits per heavy atom. The second-order valence-electron chi connectivity index (χ2n) is 3.26. The third kappa shape index (κ3) is 2.59. The molecule has 3 N–H and O–H groups in total. The maximum Gasteiger partial charge on any atom is 0.345 e. The molecule has 0 unspecified atom stereocenters. The quantitative estimate of drug-likeness (QED) is 0.817. The van der Waals surface area contributed by atoms with Crippen LogP contribution in [0.2, 0.25) is 0 Å². The van der Waals surface area contributed by atoms with Crippen LogP contribution in [0.15, 0.2) is 17.3 Å². The number of nitrogens with zero attached hydrogens (tertiary/aromatic N) is 3. The van der Waals surface area contributed by atoms with E-state index in [0.717, 1.165) is 4.88 Å². The van der Waals surface area contributed by atoms with Gasteiger partial charge in [-0.25, -0.2) is 4.79 Å². The van der Waals surface area contributed by atoms with Crippen LogP contribution in [0, 0.1) is 0 Å². The molecule has 0 fully saturated rings. The van der Waals surface area contributed by atoms with Crippen LogP contribution in [-0.4, -0.2) is 25.8 Å². The van der Waals surface area contributed by atoms with Gasteiger partial charge in [0.1, 0.15) is 4.88 Å². The molecule has 6 nitrogen and oxygen atoms in total. The molecule has 0 saturated heterocycles. The lowest BCUT2D eigenvalue weighted by molar-refractivity contribution is 0.0702. The van der Waals surface area contributed by atoms with Gasteiger partial charge in [0.2, 0.25) is 5.95 Å². The topological polar surface area (TPSA) is 94.0 Å². The first kappa shape index (κ1) is 11.9. The fourth-order valence-electron chi connectivity index (χ4n) is 1.16. The fraction of sp³-hybridized carbons (Fsp3) is 0.222. The second kappa shape index (κ2) is 4.76. The van der Waals surface area contributed by atoms with Crippen LogP contribution in [0.5, 0.6) is 0 Å². The van der Waals surface area contributed by atoms with E-state index < -0.39 is 5.97 Å². The van der Waals surface area contributed by atoms with Gasteiger partial charge in [-0.3, -0.25) is 4.57 Å². The number of thiophene rings is 1. The average molecular weight is 270 g/mol. The highest BCUT2D eigenvalue weighted by Crippen LogP contribution is 2.26. The molecule has 2 rings (SSSR count). The molecule has 0 aromatic carbocycles. The molecule has 0 spiro atoms. The maximum absolute atomic E-state index is 10.7. The summed E-state index contributed by atoms with van der Waals surface area (Å²) in [5.74, 6) is 0.128. The molecule has 2 aromatic heterocycles. The summed E-state index contributed by atoms with van der Waals surface area (Å²) >= 11 is 2.74. The van der Waals surface area contributed by atoms with E-state index in [2.05, 4.69) is 10.2 Å². The number of hydrogen-bond donors (Lipinski definition) is 2. The Hall–Kier alpha value is -1.54. The van der Waals surface area contributed by atoms with Crippen molar-refractivity contribution in [1.82, 2.24) is 14.8 Å². The first-order valence-corrected chi connectivity index (χ1v) is 6.48. The zero-order chi connectivity index (χ0) is 12.4. The fourth-order valence-corrected chi connectivity index (χ4v) is 2.97. The highest BCUT2D eigenvalue weighted by Gasteiger charge is 2.10. The van der Waals surface area contributed by atoms with E-state index >= 15 is 0 Å². The van der Waals surface area contributed by atoms with E-state index in [9.17, 15) is 4.79 Å². The van der Waals surface area contributed by atoms with E-state index in [0.29, 0.717) is 21.7 Å². The number of hydrogen-bond acceptors (Lipinski definition) is 6. The SMILES string of the molecule is Cn1c(N)nnc1SCc1ccc(C(=O)O)s1. The maximum atomic E-state index is 10.7. The first-order valence-electron chi connectivity index (χ1n) is 4.67. The van der Waals surface area contributed by atoms with Crippen LogP contribution in [-0.2, 0) is 12.8 Å². The molecule has 90 valence electrons. The number of aromatic carboxylic acids is 1. The van der Waals surface area contributed by atoms with Crippen molar-refractivity contribution >= 4 is 35.0 Å². The molecular weight excluding hydrogens is 260 g/mol. The summed E-state index contributed by atoms with van der Waals surface area (Å²) in [5, 5.41) is 17.2. The van der Waals surface area contributed by atoms with Gasteiger partial charge >= 0.3 is 5.97 Å². The van der Waals surface area contributed by atoms with Gasteiger partial charge in [-0.1, -0.05) is 11.8 Å². The van der Waals surface area contributed by atoms with Gasteiger partial charge in [0.05, 0.1) is 0 Å². The third-order valence-electron chi connectivity index (χ3n) is 2.08. The molecule has 0 radical (unpaired) electrons.